The van der Waals surface area contributed by atoms with Crippen LogP contribution in [0.3, 0.4) is 0 Å². The van der Waals surface area contributed by atoms with Gasteiger partial charge in [0, 0.05) is 0 Å². The molecule has 0 heterocycles. The largest absolute Gasteiger partial charge is 0.469 e. The lowest BCUT2D eigenvalue weighted by atomic mass is 9.94. The summed E-state index contributed by atoms with van der Waals surface area (Å²) in [5.74, 6) is -0.726. The molecule has 0 fully saturated rings. The van der Waals surface area contributed by atoms with Crippen LogP contribution in [0, 0.1) is 5.92 Å². The molecule has 1 aliphatic rings. The van der Waals surface area contributed by atoms with Gasteiger partial charge in [-0.15, -0.1) is 0 Å². The lowest BCUT2D eigenvalue weighted by molar-refractivity contribution is -0.145. The lowest BCUT2D eigenvalue weighted by Gasteiger charge is -2.23. The van der Waals surface area contributed by atoms with Gasteiger partial charge in [0.1, 0.15) is 0 Å². The number of ether oxygens (including phenoxy) is 1. The van der Waals surface area contributed by atoms with Gasteiger partial charge in [-0.1, -0.05) is 30.4 Å². The molecule has 2 rings (SSSR count). The van der Waals surface area contributed by atoms with Gasteiger partial charge in [-0.3, -0.25) is 4.79 Å². The van der Waals surface area contributed by atoms with Gasteiger partial charge in [-0.05, 0) is 25.0 Å². The first-order chi connectivity index (χ1) is 9.05. The topological polar surface area (TPSA) is 60.4 Å². The Kier molecular flexibility index (Phi) is 4.04. The average Bonchev–Trinajstić information content (AvgIpc) is 2.47. The van der Waals surface area contributed by atoms with Crippen LogP contribution in [0.4, 0.5) is 0 Å². The van der Waals surface area contributed by atoms with Gasteiger partial charge >= 0.3 is 5.97 Å². The summed E-state index contributed by atoms with van der Waals surface area (Å²) < 4.78 is 29.6. The average molecular weight is 280 g/mol. The van der Waals surface area contributed by atoms with Crippen molar-refractivity contribution in [3.8, 4) is 0 Å². The van der Waals surface area contributed by atoms with Gasteiger partial charge in [0.15, 0.2) is 9.84 Å². The number of hydrogen-bond acceptors (Lipinski definition) is 4. The van der Waals surface area contributed by atoms with Crippen molar-refractivity contribution in [3.63, 3.8) is 0 Å². The highest BCUT2D eigenvalue weighted by Gasteiger charge is 2.33. The fourth-order valence-corrected chi connectivity index (χ4v) is 3.91. The summed E-state index contributed by atoms with van der Waals surface area (Å²) in [5.41, 5.74) is 0. The quantitative estimate of drug-likeness (QED) is 0.627. The normalized spacial score (nSPS) is 23.0. The van der Waals surface area contributed by atoms with Gasteiger partial charge in [-0.25, -0.2) is 8.42 Å². The maximum Gasteiger partial charge on any atom is 0.309 e. The molecule has 5 heteroatoms. The molecule has 0 saturated carbocycles. The van der Waals surface area contributed by atoms with Gasteiger partial charge in [-0.2, -0.15) is 0 Å². The number of benzene rings is 1. The molecule has 2 atom stereocenters. The van der Waals surface area contributed by atoms with Gasteiger partial charge < -0.3 is 4.74 Å². The van der Waals surface area contributed by atoms with Crippen LogP contribution in [-0.4, -0.2) is 26.7 Å². The number of esters is 1. The lowest BCUT2D eigenvalue weighted by Crippen LogP contribution is -2.29. The van der Waals surface area contributed by atoms with Crippen molar-refractivity contribution in [1.82, 2.24) is 0 Å². The highest BCUT2D eigenvalue weighted by atomic mass is 32.2. The molecule has 0 radical (unpaired) electrons. The van der Waals surface area contributed by atoms with E-state index in [-0.39, 0.29) is 23.2 Å². The Balaban J connectivity index is 2.25. The molecular weight excluding hydrogens is 264 g/mol. The molecule has 19 heavy (non-hydrogen) atoms. The molecule has 0 spiro atoms. The van der Waals surface area contributed by atoms with Crippen molar-refractivity contribution >= 4 is 15.8 Å². The smallest absolute Gasteiger partial charge is 0.309 e. The molecule has 0 N–H and O–H groups in total. The van der Waals surface area contributed by atoms with E-state index in [1.54, 1.807) is 42.5 Å². The van der Waals surface area contributed by atoms with Crippen LogP contribution in [0.5, 0.6) is 0 Å². The molecule has 0 saturated heterocycles. The maximum absolute atomic E-state index is 12.4. The maximum atomic E-state index is 12.4. The first-order valence-electron chi connectivity index (χ1n) is 6.09. The fraction of sp³-hybridized carbons (Fsp3) is 0.357. The third-order valence-corrected chi connectivity index (χ3v) is 5.37. The molecule has 1 aliphatic carbocycles. The molecule has 0 aromatic heterocycles. The first-order valence-corrected chi connectivity index (χ1v) is 7.63. The number of methoxy groups -OCH3 is 1. The molecule has 102 valence electrons. The van der Waals surface area contributed by atoms with Crippen LogP contribution >= 0.6 is 0 Å². The zero-order valence-electron chi connectivity index (χ0n) is 10.7. The van der Waals surface area contributed by atoms with E-state index in [1.165, 1.54) is 7.11 Å². The molecule has 0 bridgehead atoms. The number of carbonyl (C=O) groups is 1. The highest BCUT2D eigenvalue weighted by molar-refractivity contribution is 7.92. The van der Waals surface area contributed by atoms with E-state index in [0.717, 1.165) is 0 Å². The van der Waals surface area contributed by atoms with Crippen molar-refractivity contribution < 1.29 is 17.9 Å². The third-order valence-electron chi connectivity index (χ3n) is 3.29. The third kappa shape index (κ3) is 2.87. The van der Waals surface area contributed by atoms with Crippen molar-refractivity contribution in [2.45, 2.75) is 23.0 Å². The Morgan fingerprint density at radius 1 is 1.26 bits per heavy atom. The molecule has 1 aromatic rings. The van der Waals surface area contributed by atoms with Crippen molar-refractivity contribution in [3.05, 3.63) is 42.5 Å². The number of allylic oxidation sites excluding steroid dienone is 1. The second-order valence-electron chi connectivity index (χ2n) is 4.52. The summed E-state index contributed by atoms with van der Waals surface area (Å²) in [6.07, 6.45) is 4.23. The summed E-state index contributed by atoms with van der Waals surface area (Å²) in [4.78, 5) is 11.8. The second kappa shape index (κ2) is 5.57. The second-order valence-corrected chi connectivity index (χ2v) is 6.68. The Morgan fingerprint density at radius 3 is 2.58 bits per heavy atom. The van der Waals surface area contributed by atoms with E-state index in [4.69, 9.17) is 0 Å². The van der Waals surface area contributed by atoms with Crippen LogP contribution in [0.15, 0.2) is 47.4 Å². The Bertz CT molecular complexity index is 575. The van der Waals surface area contributed by atoms with Crippen molar-refractivity contribution in [2.24, 2.45) is 5.92 Å². The van der Waals surface area contributed by atoms with Crippen LogP contribution in [0.25, 0.3) is 0 Å². The molecular formula is C14H16O4S. The van der Waals surface area contributed by atoms with E-state index in [1.807, 2.05) is 0 Å². The number of hydrogen-bond donors (Lipinski definition) is 0. The molecule has 0 unspecified atom stereocenters. The zero-order chi connectivity index (χ0) is 13.9. The minimum atomic E-state index is -3.43. The molecule has 0 aliphatic heterocycles. The minimum absolute atomic E-state index is 0.278. The van der Waals surface area contributed by atoms with Crippen LogP contribution in [0.1, 0.15) is 12.8 Å². The van der Waals surface area contributed by atoms with E-state index in [2.05, 4.69) is 4.74 Å². The zero-order valence-corrected chi connectivity index (χ0v) is 11.5. The van der Waals surface area contributed by atoms with Crippen molar-refractivity contribution in [2.75, 3.05) is 7.11 Å². The van der Waals surface area contributed by atoms with E-state index in [9.17, 15) is 13.2 Å². The standard InChI is InChI=1S/C14H16O4S/c1-18-14(15)11-6-5-9-13(10-11)19(16,17)12-7-3-2-4-8-12/h2-5,7-9,11,13H,6,10H2,1H3/t11-,13+/m0/s1. The van der Waals surface area contributed by atoms with Crippen LogP contribution in [0.2, 0.25) is 0 Å². The fourth-order valence-electron chi connectivity index (χ4n) is 2.22. The van der Waals surface area contributed by atoms with Crippen LogP contribution < -0.4 is 0 Å². The van der Waals surface area contributed by atoms with Crippen LogP contribution in [-0.2, 0) is 19.4 Å². The molecule has 1 aromatic carbocycles. The summed E-state index contributed by atoms with van der Waals surface area (Å²) in [6, 6.07) is 8.30. The summed E-state index contributed by atoms with van der Waals surface area (Å²) >= 11 is 0. The van der Waals surface area contributed by atoms with Gasteiger partial charge in [0.05, 0.1) is 23.2 Å². The number of rotatable bonds is 3. The summed E-state index contributed by atoms with van der Waals surface area (Å²) in [7, 11) is -2.11. The summed E-state index contributed by atoms with van der Waals surface area (Å²) in [5, 5.41) is -0.659. The Morgan fingerprint density at radius 2 is 1.95 bits per heavy atom. The van der Waals surface area contributed by atoms with Gasteiger partial charge in [0.25, 0.3) is 0 Å². The Labute approximate surface area is 113 Å². The predicted molar refractivity (Wildman–Crippen MR) is 71.3 cm³/mol. The Hall–Kier alpha value is -1.62. The molecule has 4 nitrogen and oxygen atoms in total. The predicted octanol–water partition coefficient (Wildman–Crippen LogP) is 1.97. The monoisotopic (exact) mass is 280 g/mol. The summed E-state index contributed by atoms with van der Waals surface area (Å²) in [6.45, 7) is 0. The van der Waals surface area contributed by atoms with E-state index in [0.29, 0.717) is 6.42 Å². The minimum Gasteiger partial charge on any atom is -0.469 e. The number of carbonyl (C=O) groups excluding carboxylic acids is 1. The van der Waals surface area contributed by atoms with E-state index < -0.39 is 15.1 Å². The SMILES string of the molecule is COC(=O)[C@H]1CC=C[C@@H](S(=O)(=O)c2ccccc2)C1. The first kappa shape index (κ1) is 13.8. The molecule has 0 amide bonds. The van der Waals surface area contributed by atoms with E-state index >= 15 is 0 Å². The highest BCUT2D eigenvalue weighted by Crippen LogP contribution is 2.28. The van der Waals surface area contributed by atoms with Gasteiger partial charge in [0.2, 0.25) is 0 Å². The number of sulfone groups is 1. The van der Waals surface area contributed by atoms with Crippen molar-refractivity contribution in [1.29, 1.82) is 0 Å².